The molecule has 0 spiro atoms. The molecule has 0 aliphatic rings. The predicted molar refractivity (Wildman–Crippen MR) is 56.4 cm³/mol. The normalized spacial score (nSPS) is 13.8. The van der Waals surface area contributed by atoms with Gasteiger partial charge in [0.1, 0.15) is 6.10 Å². The summed E-state index contributed by atoms with van der Waals surface area (Å²) in [6.07, 6.45) is 1.48. The third kappa shape index (κ3) is 7.91. The van der Waals surface area contributed by atoms with Gasteiger partial charge in [-0.3, -0.25) is 0 Å². The van der Waals surface area contributed by atoms with Gasteiger partial charge in [0.05, 0.1) is 0 Å². The van der Waals surface area contributed by atoms with Crippen LogP contribution in [0.4, 0.5) is 4.79 Å². The van der Waals surface area contributed by atoms with E-state index in [0.717, 1.165) is 12.8 Å². The van der Waals surface area contributed by atoms with Crippen molar-refractivity contribution in [2.24, 2.45) is 0 Å². The van der Waals surface area contributed by atoms with Crippen LogP contribution in [0.1, 0.15) is 40.5 Å². The van der Waals surface area contributed by atoms with Crippen molar-refractivity contribution in [3.63, 3.8) is 0 Å². The molecule has 0 saturated carbocycles. The smallest absolute Gasteiger partial charge is 0.407 e. The van der Waals surface area contributed by atoms with E-state index in [2.05, 4.69) is 5.32 Å². The largest absolute Gasteiger partial charge is 0.447 e. The molecule has 0 aromatic heterocycles. The number of ether oxygens (including phenoxy) is 1. The second-order valence-electron chi connectivity index (χ2n) is 3.08. The maximum atomic E-state index is 11.0. The third-order valence-corrected chi connectivity index (χ3v) is 1.86. The quantitative estimate of drug-likeness (QED) is 0.773. The van der Waals surface area contributed by atoms with Crippen LogP contribution in [0.5, 0.6) is 0 Å². The number of carbonyl (C=O) groups excluding carboxylic acids is 1. The Kier molecular flexibility index (Phi) is 9.46. The van der Waals surface area contributed by atoms with Crippen LogP contribution in [-0.2, 0) is 4.74 Å². The van der Waals surface area contributed by atoms with Crippen molar-refractivity contribution < 1.29 is 9.53 Å². The van der Waals surface area contributed by atoms with Crippen molar-refractivity contribution in [2.75, 3.05) is 0 Å². The lowest BCUT2D eigenvalue weighted by molar-refractivity contribution is 0.102. The Morgan fingerprint density at radius 1 is 1.31 bits per heavy atom. The Morgan fingerprint density at radius 2 is 1.85 bits per heavy atom. The Morgan fingerprint density at radius 3 is 2.23 bits per heavy atom. The van der Waals surface area contributed by atoms with Gasteiger partial charge >= 0.3 is 6.09 Å². The molecule has 2 atom stereocenters. The number of carbonyl (C=O) groups is 1. The van der Waals surface area contributed by atoms with Crippen LogP contribution in [0.2, 0.25) is 0 Å². The van der Waals surface area contributed by atoms with Crippen molar-refractivity contribution in [2.45, 2.75) is 52.7 Å². The summed E-state index contributed by atoms with van der Waals surface area (Å²) in [5.41, 5.74) is 0. The summed E-state index contributed by atoms with van der Waals surface area (Å²) in [7, 11) is 0. The number of halogens is 1. The molecule has 80 valence electrons. The molecule has 0 aliphatic carbocycles. The fourth-order valence-electron chi connectivity index (χ4n) is 0.603. The first kappa shape index (κ1) is 15.1. The summed E-state index contributed by atoms with van der Waals surface area (Å²) in [6, 6.07) is 0.196. The summed E-state index contributed by atoms with van der Waals surface area (Å²) in [5, 5.41) is 2.73. The summed E-state index contributed by atoms with van der Waals surface area (Å²) in [4.78, 5) is 11.0. The van der Waals surface area contributed by atoms with Gasteiger partial charge in [0.25, 0.3) is 0 Å². The zero-order valence-corrected chi connectivity index (χ0v) is 9.61. The Bertz CT molecular complexity index is 128. The molecule has 13 heavy (non-hydrogen) atoms. The molecule has 4 heteroatoms. The SMILES string of the molecule is CCC(C)NC(=O)OC(C)CC.Cl. The van der Waals surface area contributed by atoms with Gasteiger partial charge in [-0.05, 0) is 26.7 Å². The highest BCUT2D eigenvalue weighted by atomic mass is 35.5. The van der Waals surface area contributed by atoms with E-state index in [0.29, 0.717) is 0 Å². The lowest BCUT2D eigenvalue weighted by Gasteiger charge is -2.14. The molecular weight excluding hydrogens is 190 g/mol. The highest BCUT2D eigenvalue weighted by Crippen LogP contribution is 1.97. The highest BCUT2D eigenvalue weighted by molar-refractivity contribution is 5.85. The second kappa shape index (κ2) is 8.17. The maximum Gasteiger partial charge on any atom is 0.407 e. The van der Waals surface area contributed by atoms with Gasteiger partial charge in [0.2, 0.25) is 0 Å². The number of nitrogens with one attached hydrogen (secondary N) is 1. The molecule has 0 aromatic rings. The van der Waals surface area contributed by atoms with Gasteiger partial charge < -0.3 is 10.1 Å². The molecule has 0 heterocycles. The van der Waals surface area contributed by atoms with Crippen LogP contribution >= 0.6 is 12.4 Å². The van der Waals surface area contributed by atoms with Crippen molar-refractivity contribution in [1.82, 2.24) is 5.32 Å². The zero-order valence-electron chi connectivity index (χ0n) is 8.79. The average Bonchev–Trinajstić information content (AvgIpc) is 2.03. The maximum absolute atomic E-state index is 11.0. The van der Waals surface area contributed by atoms with Gasteiger partial charge in [0.15, 0.2) is 0 Å². The van der Waals surface area contributed by atoms with Crippen LogP contribution in [0, 0.1) is 0 Å². The molecule has 0 saturated heterocycles. The van der Waals surface area contributed by atoms with Crippen molar-refractivity contribution in [1.29, 1.82) is 0 Å². The van der Waals surface area contributed by atoms with E-state index in [1.807, 2.05) is 27.7 Å². The number of amides is 1. The molecule has 2 unspecified atom stereocenters. The Hall–Kier alpha value is -0.440. The highest BCUT2D eigenvalue weighted by Gasteiger charge is 2.08. The molecule has 0 aromatic carbocycles. The van der Waals surface area contributed by atoms with Crippen LogP contribution in [0.25, 0.3) is 0 Å². The van der Waals surface area contributed by atoms with Gasteiger partial charge in [0, 0.05) is 6.04 Å². The number of hydrogen-bond donors (Lipinski definition) is 1. The fraction of sp³-hybridized carbons (Fsp3) is 0.889. The summed E-state index contributed by atoms with van der Waals surface area (Å²) >= 11 is 0. The summed E-state index contributed by atoms with van der Waals surface area (Å²) < 4.78 is 5.02. The summed E-state index contributed by atoms with van der Waals surface area (Å²) in [6.45, 7) is 7.85. The minimum absolute atomic E-state index is 0. The van der Waals surface area contributed by atoms with Crippen LogP contribution in [0.3, 0.4) is 0 Å². The third-order valence-electron chi connectivity index (χ3n) is 1.86. The second-order valence-corrected chi connectivity index (χ2v) is 3.08. The minimum Gasteiger partial charge on any atom is -0.447 e. The van der Waals surface area contributed by atoms with Crippen molar-refractivity contribution in [3.05, 3.63) is 0 Å². The van der Waals surface area contributed by atoms with Gasteiger partial charge in [-0.2, -0.15) is 0 Å². The van der Waals surface area contributed by atoms with E-state index in [1.54, 1.807) is 0 Å². The first-order valence-corrected chi connectivity index (χ1v) is 4.57. The van der Waals surface area contributed by atoms with Crippen LogP contribution in [0.15, 0.2) is 0 Å². The lowest BCUT2D eigenvalue weighted by atomic mass is 10.3. The van der Waals surface area contributed by atoms with Gasteiger partial charge in [-0.25, -0.2) is 4.79 Å². The van der Waals surface area contributed by atoms with E-state index >= 15 is 0 Å². The zero-order chi connectivity index (χ0) is 9.56. The van der Waals surface area contributed by atoms with E-state index in [1.165, 1.54) is 0 Å². The van der Waals surface area contributed by atoms with Crippen molar-refractivity contribution in [3.8, 4) is 0 Å². The van der Waals surface area contributed by atoms with E-state index in [9.17, 15) is 4.79 Å². The summed E-state index contributed by atoms with van der Waals surface area (Å²) in [5.74, 6) is 0. The molecule has 1 amide bonds. The van der Waals surface area contributed by atoms with Crippen LogP contribution in [-0.4, -0.2) is 18.2 Å². The van der Waals surface area contributed by atoms with E-state index < -0.39 is 0 Å². The molecule has 0 bridgehead atoms. The molecule has 3 nitrogen and oxygen atoms in total. The topological polar surface area (TPSA) is 38.3 Å². The molecule has 0 radical (unpaired) electrons. The van der Waals surface area contributed by atoms with Crippen LogP contribution < -0.4 is 5.32 Å². The Labute approximate surface area is 86.6 Å². The van der Waals surface area contributed by atoms with Gasteiger partial charge in [-0.15, -0.1) is 12.4 Å². The first-order chi connectivity index (χ1) is 5.60. The number of alkyl carbamates (subject to hydrolysis) is 1. The van der Waals surface area contributed by atoms with Gasteiger partial charge in [-0.1, -0.05) is 13.8 Å². The van der Waals surface area contributed by atoms with E-state index in [4.69, 9.17) is 4.74 Å². The molecule has 0 fully saturated rings. The monoisotopic (exact) mass is 209 g/mol. The standard InChI is InChI=1S/C9H19NO2.ClH/c1-5-7(3)10-9(11)12-8(4)6-2;/h7-8H,5-6H2,1-4H3,(H,10,11);1H. The number of hydrogen-bond acceptors (Lipinski definition) is 2. The molecule has 0 aliphatic heterocycles. The molecular formula is C9H20ClNO2. The first-order valence-electron chi connectivity index (χ1n) is 4.57. The molecule has 0 rings (SSSR count). The predicted octanol–water partition coefficient (Wildman–Crippen LogP) is 2.73. The lowest BCUT2D eigenvalue weighted by Crippen LogP contribution is -2.34. The fourth-order valence-corrected chi connectivity index (χ4v) is 0.603. The minimum atomic E-state index is -0.307. The number of rotatable bonds is 4. The molecule has 1 N–H and O–H groups in total. The van der Waals surface area contributed by atoms with E-state index in [-0.39, 0.29) is 30.6 Å². The average molecular weight is 210 g/mol. The Balaban J connectivity index is 0. The van der Waals surface area contributed by atoms with Crippen molar-refractivity contribution >= 4 is 18.5 Å².